The first kappa shape index (κ1) is 19.6. The van der Waals surface area contributed by atoms with Crippen molar-refractivity contribution in [2.45, 2.75) is 39.0 Å². The zero-order chi connectivity index (χ0) is 20.5. The summed E-state index contributed by atoms with van der Waals surface area (Å²) in [6.45, 7) is 6.91. The molecule has 0 saturated carbocycles. The highest BCUT2D eigenvalue weighted by molar-refractivity contribution is 8.03. The highest BCUT2D eigenvalue weighted by atomic mass is 32.2. The molecule has 1 atom stereocenters. The Balaban J connectivity index is 1.65. The van der Waals surface area contributed by atoms with E-state index in [-0.39, 0.29) is 11.8 Å². The van der Waals surface area contributed by atoms with E-state index >= 15 is 0 Å². The maximum atomic E-state index is 13.1. The van der Waals surface area contributed by atoms with Crippen molar-refractivity contribution >= 4 is 23.4 Å². The average molecular weight is 404 g/mol. The summed E-state index contributed by atoms with van der Waals surface area (Å²) in [4.78, 5) is 17.0. The summed E-state index contributed by atoms with van der Waals surface area (Å²) in [6.07, 6.45) is 0.343. The lowest BCUT2D eigenvalue weighted by Gasteiger charge is -2.42. The summed E-state index contributed by atoms with van der Waals surface area (Å²) in [6, 6.07) is 19.0. The highest BCUT2D eigenvalue weighted by Crippen LogP contribution is 2.43. The van der Waals surface area contributed by atoms with Crippen LogP contribution in [0.3, 0.4) is 0 Å². The van der Waals surface area contributed by atoms with Crippen LogP contribution in [0.4, 0.5) is 5.69 Å². The molecule has 1 amide bonds. The molecule has 0 aromatic heterocycles. The van der Waals surface area contributed by atoms with Gasteiger partial charge in [0.2, 0.25) is 5.91 Å². The van der Waals surface area contributed by atoms with Crippen LogP contribution in [0.5, 0.6) is 0 Å². The summed E-state index contributed by atoms with van der Waals surface area (Å²) in [5.74, 6) is 1.12. The summed E-state index contributed by atoms with van der Waals surface area (Å²) >= 11 is 1.59. The SMILES string of the molecule is Cc1ccccc1N1CSC2=C(C#N)[C@H](c3ccc(C(C)C)cc3)CC(=O)N2C1. The van der Waals surface area contributed by atoms with Gasteiger partial charge in [-0.25, -0.2) is 0 Å². The zero-order valence-electron chi connectivity index (χ0n) is 17.1. The van der Waals surface area contributed by atoms with Gasteiger partial charge in [-0.15, -0.1) is 0 Å². The number of nitrogens with zero attached hydrogens (tertiary/aromatic N) is 3. The monoisotopic (exact) mass is 403 g/mol. The van der Waals surface area contributed by atoms with Crippen molar-refractivity contribution in [3.05, 3.63) is 75.8 Å². The Morgan fingerprint density at radius 1 is 1.14 bits per heavy atom. The van der Waals surface area contributed by atoms with E-state index in [0.29, 0.717) is 19.0 Å². The predicted octanol–water partition coefficient (Wildman–Crippen LogP) is 5.34. The first-order valence-corrected chi connectivity index (χ1v) is 11.0. The fourth-order valence-electron chi connectivity index (χ4n) is 4.03. The van der Waals surface area contributed by atoms with Crippen LogP contribution in [0.1, 0.15) is 48.8 Å². The van der Waals surface area contributed by atoms with Crippen molar-refractivity contribution in [1.82, 2.24) is 4.90 Å². The van der Waals surface area contributed by atoms with Gasteiger partial charge in [0.1, 0.15) is 0 Å². The number of carbonyl (C=O) groups is 1. The number of thioether (sulfide) groups is 1. The molecule has 0 bridgehead atoms. The summed E-state index contributed by atoms with van der Waals surface area (Å²) in [5, 5.41) is 10.8. The summed E-state index contributed by atoms with van der Waals surface area (Å²) < 4.78 is 0. The van der Waals surface area contributed by atoms with E-state index in [1.807, 2.05) is 12.1 Å². The number of rotatable bonds is 3. The molecule has 4 nitrogen and oxygen atoms in total. The number of anilines is 1. The average Bonchev–Trinajstić information content (AvgIpc) is 2.74. The standard InChI is InChI=1S/C24H25N3OS/c1-16(2)18-8-10-19(11-9-18)20-12-23(28)27-14-26(15-29-24(27)21(20)13-25)22-7-5-4-6-17(22)3/h4-11,16,20H,12,14-15H2,1-3H3/t20-/m0/s1. The highest BCUT2D eigenvalue weighted by Gasteiger charge is 2.38. The second-order valence-electron chi connectivity index (χ2n) is 7.97. The van der Waals surface area contributed by atoms with E-state index in [9.17, 15) is 10.1 Å². The van der Waals surface area contributed by atoms with Gasteiger partial charge in [0, 0.05) is 18.0 Å². The number of hydrogen-bond donors (Lipinski definition) is 0. The normalized spacial score (nSPS) is 19.4. The van der Waals surface area contributed by atoms with Gasteiger partial charge in [-0.2, -0.15) is 5.26 Å². The van der Waals surface area contributed by atoms with Gasteiger partial charge < -0.3 is 4.90 Å². The van der Waals surface area contributed by atoms with Gasteiger partial charge in [-0.05, 0) is 35.6 Å². The number of allylic oxidation sites excluding steroid dienone is 1. The van der Waals surface area contributed by atoms with Crippen LogP contribution in [0.2, 0.25) is 0 Å². The minimum atomic E-state index is -0.155. The van der Waals surface area contributed by atoms with E-state index in [1.54, 1.807) is 16.7 Å². The van der Waals surface area contributed by atoms with Crippen molar-refractivity contribution in [1.29, 1.82) is 5.26 Å². The second kappa shape index (κ2) is 7.96. The molecule has 1 fully saturated rings. The van der Waals surface area contributed by atoms with Gasteiger partial charge >= 0.3 is 0 Å². The number of fused-ring (bicyclic) bond motifs is 1. The fourth-order valence-corrected chi connectivity index (χ4v) is 5.19. The van der Waals surface area contributed by atoms with Crippen LogP contribution in [-0.2, 0) is 4.79 Å². The Hall–Kier alpha value is -2.71. The Bertz CT molecular complexity index is 1000. The molecule has 148 valence electrons. The molecule has 2 aliphatic heterocycles. The number of hydrogen-bond acceptors (Lipinski definition) is 4. The van der Waals surface area contributed by atoms with Gasteiger partial charge in [-0.1, -0.05) is 68.1 Å². The van der Waals surface area contributed by atoms with Crippen LogP contribution in [0, 0.1) is 18.3 Å². The number of para-hydroxylation sites is 1. The van der Waals surface area contributed by atoms with Crippen molar-refractivity contribution in [3.63, 3.8) is 0 Å². The van der Waals surface area contributed by atoms with Crippen LogP contribution >= 0.6 is 11.8 Å². The third-order valence-electron chi connectivity index (χ3n) is 5.76. The van der Waals surface area contributed by atoms with E-state index in [1.165, 1.54) is 11.1 Å². The first-order valence-electron chi connectivity index (χ1n) is 9.97. The smallest absolute Gasteiger partial charge is 0.229 e. The summed E-state index contributed by atoms with van der Waals surface area (Å²) in [5.41, 5.74) is 5.36. The van der Waals surface area contributed by atoms with Crippen molar-refractivity contribution in [2.24, 2.45) is 0 Å². The molecular formula is C24H25N3OS. The molecular weight excluding hydrogens is 378 g/mol. The van der Waals surface area contributed by atoms with Gasteiger partial charge in [0.15, 0.2) is 0 Å². The maximum Gasteiger partial charge on any atom is 0.229 e. The van der Waals surface area contributed by atoms with Crippen molar-refractivity contribution in [3.8, 4) is 6.07 Å². The number of aryl methyl sites for hydroxylation is 1. The Morgan fingerprint density at radius 3 is 2.52 bits per heavy atom. The van der Waals surface area contributed by atoms with Gasteiger partial charge in [0.05, 0.1) is 29.2 Å². The van der Waals surface area contributed by atoms with E-state index < -0.39 is 0 Å². The zero-order valence-corrected chi connectivity index (χ0v) is 17.9. The largest absolute Gasteiger partial charge is 0.343 e. The summed E-state index contributed by atoms with van der Waals surface area (Å²) in [7, 11) is 0. The predicted molar refractivity (Wildman–Crippen MR) is 118 cm³/mol. The molecule has 2 heterocycles. The van der Waals surface area contributed by atoms with Gasteiger partial charge in [-0.3, -0.25) is 9.69 Å². The molecule has 0 unspecified atom stereocenters. The number of benzene rings is 2. The molecule has 1 saturated heterocycles. The number of amides is 1. The molecule has 29 heavy (non-hydrogen) atoms. The first-order chi connectivity index (χ1) is 14.0. The topological polar surface area (TPSA) is 47.3 Å². The molecule has 0 N–H and O–H groups in total. The van der Waals surface area contributed by atoms with Crippen LogP contribution in [0.15, 0.2) is 59.1 Å². The Labute approximate surface area is 176 Å². The van der Waals surface area contributed by atoms with Crippen molar-refractivity contribution in [2.75, 3.05) is 17.4 Å². The molecule has 2 aliphatic rings. The Kier molecular flexibility index (Phi) is 5.38. The van der Waals surface area contributed by atoms with Crippen LogP contribution in [0.25, 0.3) is 0 Å². The molecule has 2 aromatic rings. The fraction of sp³-hybridized carbons (Fsp3) is 0.333. The lowest BCUT2D eigenvalue weighted by Crippen LogP contribution is -2.47. The molecule has 5 heteroatoms. The van der Waals surface area contributed by atoms with Gasteiger partial charge in [0.25, 0.3) is 0 Å². The van der Waals surface area contributed by atoms with Crippen LogP contribution < -0.4 is 4.90 Å². The lowest BCUT2D eigenvalue weighted by molar-refractivity contribution is -0.129. The molecule has 2 aromatic carbocycles. The third kappa shape index (κ3) is 3.65. The maximum absolute atomic E-state index is 13.1. The molecule has 0 aliphatic carbocycles. The minimum Gasteiger partial charge on any atom is -0.343 e. The van der Waals surface area contributed by atoms with E-state index in [4.69, 9.17) is 0 Å². The minimum absolute atomic E-state index is 0.0859. The molecule has 4 rings (SSSR count). The lowest BCUT2D eigenvalue weighted by atomic mass is 9.85. The third-order valence-corrected chi connectivity index (χ3v) is 6.91. The number of carbonyl (C=O) groups excluding carboxylic acids is 1. The Morgan fingerprint density at radius 2 is 1.86 bits per heavy atom. The van der Waals surface area contributed by atoms with Crippen LogP contribution in [-0.4, -0.2) is 23.4 Å². The molecule has 0 radical (unpaired) electrons. The van der Waals surface area contributed by atoms with E-state index in [2.05, 4.69) is 68.1 Å². The quantitative estimate of drug-likeness (QED) is 0.694. The van der Waals surface area contributed by atoms with E-state index in [0.717, 1.165) is 27.7 Å². The molecule has 0 spiro atoms. The van der Waals surface area contributed by atoms with Crippen molar-refractivity contribution < 1.29 is 4.79 Å². The number of nitriles is 1. The second-order valence-corrected chi connectivity index (χ2v) is 8.91.